The maximum absolute atomic E-state index is 3.94. The molecule has 0 aromatic carbocycles. The van der Waals surface area contributed by atoms with E-state index < -0.39 is 0 Å². The SMILES string of the molecule is CC(Br)Cc1cccnn1. The van der Waals surface area contributed by atoms with Crippen molar-refractivity contribution in [2.24, 2.45) is 0 Å². The van der Waals surface area contributed by atoms with Crippen LogP contribution in [0.2, 0.25) is 0 Å². The number of hydrogen-bond acceptors (Lipinski definition) is 2. The van der Waals surface area contributed by atoms with Crippen LogP contribution in [0.3, 0.4) is 0 Å². The molecule has 1 heterocycles. The Hall–Kier alpha value is -0.440. The molecule has 3 heteroatoms. The lowest BCUT2D eigenvalue weighted by Crippen LogP contribution is -1.99. The molecule has 0 saturated heterocycles. The van der Waals surface area contributed by atoms with Gasteiger partial charge in [0.1, 0.15) is 0 Å². The first-order valence-corrected chi connectivity index (χ1v) is 4.11. The van der Waals surface area contributed by atoms with E-state index in [-0.39, 0.29) is 0 Å². The van der Waals surface area contributed by atoms with E-state index in [1.807, 2.05) is 12.1 Å². The van der Waals surface area contributed by atoms with Crippen molar-refractivity contribution < 1.29 is 0 Å². The van der Waals surface area contributed by atoms with Crippen molar-refractivity contribution in [1.29, 1.82) is 0 Å². The Morgan fingerprint density at radius 2 is 2.50 bits per heavy atom. The summed E-state index contributed by atoms with van der Waals surface area (Å²) in [6, 6.07) is 3.88. The first-order valence-electron chi connectivity index (χ1n) is 3.19. The maximum atomic E-state index is 3.94. The summed E-state index contributed by atoms with van der Waals surface area (Å²) in [7, 11) is 0. The number of nitrogens with zero attached hydrogens (tertiary/aromatic N) is 2. The van der Waals surface area contributed by atoms with Crippen molar-refractivity contribution in [3.63, 3.8) is 0 Å². The smallest absolute Gasteiger partial charge is 0.0642 e. The minimum absolute atomic E-state index is 0.476. The second-order valence-electron chi connectivity index (χ2n) is 2.20. The second-order valence-corrected chi connectivity index (χ2v) is 3.76. The van der Waals surface area contributed by atoms with Gasteiger partial charge in [-0.3, -0.25) is 0 Å². The number of aromatic nitrogens is 2. The van der Waals surface area contributed by atoms with Gasteiger partial charge < -0.3 is 0 Å². The first kappa shape index (κ1) is 7.66. The van der Waals surface area contributed by atoms with Crippen LogP contribution < -0.4 is 0 Å². The third-order valence-electron chi connectivity index (χ3n) is 1.12. The van der Waals surface area contributed by atoms with Crippen LogP contribution in [-0.4, -0.2) is 15.0 Å². The zero-order valence-corrected chi connectivity index (χ0v) is 7.37. The molecule has 0 aliphatic heterocycles. The van der Waals surface area contributed by atoms with Gasteiger partial charge in [0.25, 0.3) is 0 Å². The molecule has 0 spiro atoms. The highest BCUT2D eigenvalue weighted by Crippen LogP contribution is 2.04. The minimum atomic E-state index is 0.476. The van der Waals surface area contributed by atoms with Gasteiger partial charge in [-0.2, -0.15) is 10.2 Å². The highest BCUT2D eigenvalue weighted by molar-refractivity contribution is 9.09. The summed E-state index contributed by atoms with van der Waals surface area (Å²) in [6.07, 6.45) is 2.62. The van der Waals surface area contributed by atoms with Crippen molar-refractivity contribution in [2.75, 3.05) is 0 Å². The number of halogens is 1. The quantitative estimate of drug-likeness (QED) is 0.682. The zero-order valence-electron chi connectivity index (χ0n) is 5.79. The standard InChI is InChI=1S/C7H9BrN2/c1-6(8)5-7-3-2-4-9-10-7/h2-4,6H,5H2,1H3. The van der Waals surface area contributed by atoms with Crippen LogP contribution in [0.15, 0.2) is 18.3 Å². The van der Waals surface area contributed by atoms with Gasteiger partial charge in [-0.1, -0.05) is 22.9 Å². The van der Waals surface area contributed by atoms with E-state index in [4.69, 9.17) is 0 Å². The average Bonchev–Trinajstić information content (AvgIpc) is 1.88. The first-order chi connectivity index (χ1) is 4.79. The molecule has 10 heavy (non-hydrogen) atoms. The van der Waals surface area contributed by atoms with Crippen molar-refractivity contribution in [1.82, 2.24) is 10.2 Å². The third kappa shape index (κ3) is 2.43. The summed E-state index contributed by atoms with van der Waals surface area (Å²) in [5, 5.41) is 7.71. The van der Waals surface area contributed by atoms with E-state index >= 15 is 0 Å². The van der Waals surface area contributed by atoms with Crippen LogP contribution in [0.4, 0.5) is 0 Å². The van der Waals surface area contributed by atoms with Crippen molar-refractivity contribution in [2.45, 2.75) is 18.2 Å². The van der Waals surface area contributed by atoms with Crippen LogP contribution >= 0.6 is 15.9 Å². The molecule has 2 nitrogen and oxygen atoms in total. The monoisotopic (exact) mass is 200 g/mol. The average molecular weight is 201 g/mol. The molecular formula is C7H9BrN2. The lowest BCUT2D eigenvalue weighted by molar-refractivity contribution is 0.859. The molecule has 0 radical (unpaired) electrons. The molecule has 0 amide bonds. The Kier molecular flexibility index (Phi) is 2.81. The summed E-state index contributed by atoms with van der Waals surface area (Å²) in [4.78, 5) is 0.476. The molecule has 0 fully saturated rings. The van der Waals surface area contributed by atoms with Crippen LogP contribution in [-0.2, 0) is 6.42 Å². The van der Waals surface area contributed by atoms with Gasteiger partial charge in [-0.05, 0) is 12.1 Å². The molecule has 0 aliphatic rings. The van der Waals surface area contributed by atoms with Gasteiger partial charge in [-0.15, -0.1) is 0 Å². The molecular weight excluding hydrogens is 192 g/mol. The number of rotatable bonds is 2. The van der Waals surface area contributed by atoms with Gasteiger partial charge in [0, 0.05) is 17.4 Å². The molecule has 0 bridgehead atoms. The molecule has 0 saturated carbocycles. The minimum Gasteiger partial charge on any atom is -0.159 e. The van der Waals surface area contributed by atoms with E-state index in [9.17, 15) is 0 Å². The van der Waals surface area contributed by atoms with Crippen LogP contribution in [0.25, 0.3) is 0 Å². The number of hydrogen-bond donors (Lipinski definition) is 0. The maximum Gasteiger partial charge on any atom is 0.0642 e. The summed E-state index contributed by atoms with van der Waals surface area (Å²) in [5.74, 6) is 0. The molecule has 1 aromatic heterocycles. The molecule has 0 N–H and O–H groups in total. The van der Waals surface area contributed by atoms with Crippen LogP contribution in [0, 0.1) is 0 Å². The van der Waals surface area contributed by atoms with Gasteiger partial charge in [0.05, 0.1) is 5.69 Å². The summed E-state index contributed by atoms with van der Waals surface area (Å²) < 4.78 is 0. The van der Waals surface area contributed by atoms with E-state index in [2.05, 4.69) is 33.1 Å². The van der Waals surface area contributed by atoms with Crippen molar-refractivity contribution >= 4 is 15.9 Å². The predicted octanol–water partition coefficient (Wildman–Crippen LogP) is 1.80. The Balaban J connectivity index is 2.59. The second kappa shape index (κ2) is 3.66. The zero-order chi connectivity index (χ0) is 7.40. The molecule has 54 valence electrons. The normalized spacial score (nSPS) is 13.0. The highest BCUT2D eigenvalue weighted by atomic mass is 79.9. The largest absolute Gasteiger partial charge is 0.159 e. The Morgan fingerprint density at radius 3 is 3.00 bits per heavy atom. The van der Waals surface area contributed by atoms with Gasteiger partial charge in [0.2, 0.25) is 0 Å². The van der Waals surface area contributed by atoms with E-state index in [1.165, 1.54) is 0 Å². The van der Waals surface area contributed by atoms with Gasteiger partial charge in [0.15, 0.2) is 0 Å². The Labute approximate surface area is 68.8 Å². The fourth-order valence-corrected chi connectivity index (χ4v) is 1.06. The van der Waals surface area contributed by atoms with Crippen molar-refractivity contribution in [3.05, 3.63) is 24.0 Å². The van der Waals surface area contributed by atoms with Gasteiger partial charge in [-0.25, -0.2) is 0 Å². The fourth-order valence-electron chi connectivity index (χ4n) is 0.730. The summed E-state index contributed by atoms with van der Waals surface area (Å²) >= 11 is 3.44. The summed E-state index contributed by atoms with van der Waals surface area (Å²) in [6.45, 7) is 2.09. The highest BCUT2D eigenvalue weighted by Gasteiger charge is 1.98. The van der Waals surface area contributed by atoms with E-state index in [0.29, 0.717) is 4.83 Å². The van der Waals surface area contributed by atoms with E-state index in [1.54, 1.807) is 6.20 Å². The molecule has 1 atom stereocenters. The molecule has 1 rings (SSSR count). The topological polar surface area (TPSA) is 25.8 Å². The van der Waals surface area contributed by atoms with Crippen molar-refractivity contribution in [3.8, 4) is 0 Å². The Bertz CT molecular complexity index is 186. The lowest BCUT2D eigenvalue weighted by Gasteiger charge is -1.98. The number of alkyl halides is 1. The van der Waals surface area contributed by atoms with Gasteiger partial charge >= 0.3 is 0 Å². The molecule has 0 aliphatic carbocycles. The summed E-state index contributed by atoms with van der Waals surface area (Å²) in [5.41, 5.74) is 1.03. The van der Waals surface area contributed by atoms with Crippen LogP contribution in [0.1, 0.15) is 12.6 Å². The van der Waals surface area contributed by atoms with E-state index in [0.717, 1.165) is 12.1 Å². The Morgan fingerprint density at radius 1 is 1.70 bits per heavy atom. The predicted molar refractivity (Wildman–Crippen MR) is 44.1 cm³/mol. The molecule has 1 aromatic rings. The lowest BCUT2D eigenvalue weighted by atomic mass is 10.2. The molecule has 1 unspecified atom stereocenters. The fraction of sp³-hybridized carbons (Fsp3) is 0.429. The third-order valence-corrected chi connectivity index (χ3v) is 1.44. The van der Waals surface area contributed by atoms with Crippen LogP contribution in [0.5, 0.6) is 0 Å².